The molecule has 1 aliphatic heterocycles. The van der Waals surface area contributed by atoms with Crippen molar-refractivity contribution in [3.05, 3.63) is 29.8 Å². The maximum Gasteiger partial charge on any atom is 0.220 e. The summed E-state index contributed by atoms with van der Waals surface area (Å²) < 4.78 is 0.247. The van der Waals surface area contributed by atoms with E-state index in [0.717, 1.165) is 24.2 Å². The molecule has 3 N–H and O–H groups in total. The van der Waals surface area contributed by atoms with Crippen molar-refractivity contribution in [3.63, 3.8) is 0 Å². The smallest absolute Gasteiger partial charge is 0.220 e. The van der Waals surface area contributed by atoms with Gasteiger partial charge in [0.15, 0.2) is 0 Å². The van der Waals surface area contributed by atoms with Gasteiger partial charge in [-0.2, -0.15) is 11.8 Å². The third-order valence-corrected chi connectivity index (χ3v) is 5.12. The van der Waals surface area contributed by atoms with Crippen molar-refractivity contribution < 1.29 is 4.79 Å². The molecule has 2 rings (SSSR count). The van der Waals surface area contributed by atoms with Gasteiger partial charge in [-0.25, -0.2) is 0 Å². The molecule has 1 aliphatic rings. The molecular weight excluding hydrogens is 256 g/mol. The van der Waals surface area contributed by atoms with Gasteiger partial charge >= 0.3 is 0 Å². The molecule has 0 spiro atoms. The molecule has 0 bridgehead atoms. The number of carbonyl (C=O) groups is 1. The van der Waals surface area contributed by atoms with E-state index in [4.69, 9.17) is 5.73 Å². The van der Waals surface area contributed by atoms with E-state index in [1.165, 1.54) is 18.6 Å². The first kappa shape index (κ1) is 14.3. The highest BCUT2D eigenvalue weighted by Crippen LogP contribution is 2.36. The van der Waals surface area contributed by atoms with Crippen molar-refractivity contribution in [2.24, 2.45) is 0 Å². The van der Waals surface area contributed by atoms with E-state index in [2.05, 4.69) is 12.2 Å². The van der Waals surface area contributed by atoms with Crippen LogP contribution in [0.1, 0.15) is 31.7 Å². The second kappa shape index (κ2) is 6.33. The van der Waals surface area contributed by atoms with Crippen LogP contribution in [0.15, 0.2) is 24.3 Å². The fourth-order valence-corrected chi connectivity index (χ4v) is 3.54. The Morgan fingerprint density at radius 3 is 2.79 bits per heavy atom. The van der Waals surface area contributed by atoms with Gasteiger partial charge in [0.05, 0.1) is 0 Å². The van der Waals surface area contributed by atoms with Crippen LogP contribution in [-0.2, 0) is 11.2 Å². The van der Waals surface area contributed by atoms with Crippen molar-refractivity contribution in [3.8, 4) is 0 Å². The summed E-state index contributed by atoms with van der Waals surface area (Å²) in [5, 5.41) is 3.06. The molecule has 3 nitrogen and oxygen atoms in total. The molecule has 1 aromatic rings. The molecule has 1 aromatic carbocycles. The van der Waals surface area contributed by atoms with Crippen LogP contribution in [0, 0.1) is 0 Å². The largest absolute Gasteiger partial charge is 0.399 e. The molecule has 0 radical (unpaired) electrons. The zero-order chi connectivity index (χ0) is 13.7. The molecule has 1 atom stereocenters. The van der Waals surface area contributed by atoms with E-state index >= 15 is 0 Å². The molecule has 104 valence electrons. The van der Waals surface area contributed by atoms with Crippen LogP contribution in [0.3, 0.4) is 0 Å². The van der Waals surface area contributed by atoms with Crippen LogP contribution in [0.2, 0.25) is 0 Å². The lowest BCUT2D eigenvalue weighted by Gasteiger charge is -2.22. The Balaban J connectivity index is 1.71. The minimum atomic E-state index is 0.144. The van der Waals surface area contributed by atoms with Crippen LogP contribution in [0.4, 0.5) is 5.69 Å². The highest BCUT2D eigenvalue weighted by Gasteiger charge is 2.29. The number of nitrogens with one attached hydrogen (secondary N) is 1. The molecule has 1 heterocycles. The lowest BCUT2D eigenvalue weighted by molar-refractivity contribution is -0.121. The summed E-state index contributed by atoms with van der Waals surface area (Å²) >= 11 is 1.97. The summed E-state index contributed by atoms with van der Waals surface area (Å²) in [6.07, 6.45) is 3.79. The zero-order valence-corrected chi connectivity index (χ0v) is 12.3. The number of rotatable bonds is 5. The second-order valence-electron chi connectivity index (χ2n) is 5.42. The van der Waals surface area contributed by atoms with Crippen LogP contribution in [0.25, 0.3) is 0 Å². The molecule has 0 aliphatic carbocycles. The Labute approximate surface area is 119 Å². The van der Waals surface area contributed by atoms with Crippen molar-refractivity contribution >= 4 is 23.4 Å². The minimum absolute atomic E-state index is 0.144. The van der Waals surface area contributed by atoms with Gasteiger partial charge < -0.3 is 11.1 Å². The quantitative estimate of drug-likeness (QED) is 0.814. The Bertz CT molecular complexity index is 424. The van der Waals surface area contributed by atoms with Gasteiger partial charge in [-0.05, 0) is 49.6 Å². The highest BCUT2D eigenvalue weighted by atomic mass is 32.2. The number of amides is 1. The SMILES string of the molecule is CC1(CNC(=O)CCc2ccc(N)cc2)CCCS1. The molecule has 1 saturated heterocycles. The third kappa shape index (κ3) is 4.46. The number of anilines is 1. The zero-order valence-electron chi connectivity index (χ0n) is 11.4. The monoisotopic (exact) mass is 278 g/mol. The number of nitrogens with two attached hydrogens (primary N) is 1. The molecule has 0 aromatic heterocycles. The molecule has 19 heavy (non-hydrogen) atoms. The molecule has 1 amide bonds. The molecule has 1 unspecified atom stereocenters. The normalized spacial score (nSPS) is 22.4. The Kier molecular flexibility index (Phi) is 4.75. The van der Waals surface area contributed by atoms with Crippen molar-refractivity contribution in [1.29, 1.82) is 0 Å². The van der Waals surface area contributed by atoms with Gasteiger partial charge in [0, 0.05) is 23.4 Å². The number of hydrogen-bond acceptors (Lipinski definition) is 3. The van der Waals surface area contributed by atoms with Gasteiger partial charge in [-0.1, -0.05) is 12.1 Å². The lowest BCUT2D eigenvalue weighted by atomic mass is 10.1. The maximum absolute atomic E-state index is 11.8. The topological polar surface area (TPSA) is 55.1 Å². The van der Waals surface area contributed by atoms with Gasteiger partial charge in [0.25, 0.3) is 0 Å². The van der Waals surface area contributed by atoms with Gasteiger partial charge in [-0.15, -0.1) is 0 Å². The highest BCUT2D eigenvalue weighted by molar-refractivity contribution is 8.00. The van der Waals surface area contributed by atoms with Gasteiger partial charge in [-0.3, -0.25) is 4.79 Å². The lowest BCUT2D eigenvalue weighted by Crippen LogP contribution is -2.36. The number of thioether (sulfide) groups is 1. The first-order valence-electron chi connectivity index (χ1n) is 6.82. The molecule has 1 fully saturated rings. The van der Waals surface area contributed by atoms with E-state index in [-0.39, 0.29) is 10.7 Å². The summed E-state index contributed by atoms with van der Waals surface area (Å²) in [5.41, 5.74) is 7.55. The number of hydrogen-bond donors (Lipinski definition) is 2. The summed E-state index contributed by atoms with van der Waals surface area (Å²) in [4.78, 5) is 11.8. The van der Waals surface area contributed by atoms with E-state index in [0.29, 0.717) is 6.42 Å². The van der Waals surface area contributed by atoms with Gasteiger partial charge in [0.2, 0.25) is 5.91 Å². The average Bonchev–Trinajstić information content (AvgIpc) is 2.83. The summed E-state index contributed by atoms with van der Waals surface area (Å²) in [7, 11) is 0. The van der Waals surface area contributed by atoms with Gasteiger partial charge in [0.1, 0.15) is 0 Å². The van der Waals surface area contributed by atoms with Crippen molar-refractivity contribution in [2.45, 2.75) is 37.4 Å². The van der Waals surface area contributed by atoms with Crippen molar-refractivity contribution in [1.82, 2.24) is 5.32 Å². The first-order chi connectivity index (χ1) is 9.07. The fraction of sp³-hybridized carbons (Fsp3) is 0.533. The number of aryl methyl sites for hydroxylation is 1. The second-order valence-corrected chi connectivity index (χ2v) is 7.10. The maximum atomic E-state index is 11.8. The third-order valence-electron chi connectivity index (χ3n) is 3.58. The number of carbonyl (C=O) groups excluding carboxylic acids is 1. The van der Waals surface area contributed by atoms with E-state index in [1.54, 1.807) is 0 Å². The Morgan fingerprint density at radius 1 is 1.42 bits per heavy atom. The summed E-state index contributed by atoms with van der Waals surface area (Å²) in [6, 6.07) is 7.72. The Hall–Kier alpha value is -1.16. The van der Waals surface area contributed by atoms with Crippen LogP contribution < -0.4 is 11.1 Å². The van der Waals surface area contributed by atoms with Crippen LogP contribution in [0.5, 0.6) is 0 Å². The predicted octanol–water partition coefficient (Wildman–Crippen LogP) is 2.60. The van der Waals surface area contributed by atoms with E-state index < -0.39 is 0 Å². The van der Waals surface area contributed by atoms with Crippen LogP contribution in [-0.4, -0.2) is 23.0 Å². The van der Waals surface area contributed by atoms with Crippen molar-refractivity contribution in [2.75, 3.05) is 18.0 Å². The fourth-order valence-electron chi connectivity index (χ4n) is 2.29. The first-order valence-corrected chi connectivity index (χ1v) is 7.81. The Morgan fingerprint density at radius 2 is 2.16 bits per heavy atom. The molecular formula is C15H22N2OS. The number of nitrogen functional groups attached to an aromatic ring is 1. The number of benzene rings is 1. The van der Waals surface area contributed by atoms with Crippen LogP contribution >= 0.6 is 11.8 Å². The minimum Gasteiger partial charge on any atom is -0.399 e. The molecule has 0 saturated carbocycles. The molecule has 4 heteroatoms. The summed E-state index contributed by atoms with van der Waals surface area (Å²) in [5.74, 6) is 1.36. The van der Waals surface area contributed by atoms with E-state index in [1.807, 2.05) is 36.0 Å². The summed E-state index contributed by atoms with van der Waals surface area (Å²) in [6.45, 7) is 3.03. The van der Waals surface area contributed by atoms with E-state index in [9.17, 15) is 4.79 Å². The standard InChI is InChI=1S/C15H22N2OS/c1-15(9-2-10-19-15)11-17-14(18)8-5-12-3-6-13(16)7-4-12/h3-4,6-7H,2,5,8-11,16H2,1H3,(H,17,18). The predicted molar refractivity (Wildman–Crippen MR) is 82.3 cm³/mol. The average molecular weight is 278 g/mol.